The quantitative estimate of drug-likeness (QED) is 0.574. The van der Waals surface area contributed by atoms with Gasteiger partial charge in [0.25, 0.3) is 0 Å². The fourth-order valence-electron chi connectivity index (χ4n) is 0.970. The van der Waals surface area contributed by atoms with Gasteiger partial charge in [-0.15, -0.1) is 0 Å². The first-order chi connectivity index (χ1) is 6.65. The molecule has 0 spiro atoms. The summed E-state index contributed by atoms with van der Waals surface area (Å²) in [6.45, 7) is 0. The molecule has 1 rings (SSSR count). The van der Waals surface area contributed by atoms with Crippen LogP contribution >= 0.6 is 15.9 Å². The molecule has 1 aromatic rings. The molecule has 1 aromatic carbocycles. The molecule has 0 saturated carbocycles. The van der Waals surface area contributed by atoms with Crippen molar-refractivity contribution in [3.63, 3.8) is 0 Å². The number of hydrogen-bond donors (Lipinski definition) is 0. The molecule has 0 unspecified atom stereocenters. The van der Waals surface area contributed by atoms with Crippen LogP contribution in [0.1, 0.15) is 12.0 Å². The summed E-state index contributed by atoms with van der Waals surface area (Å²) in [5.41, 5.74) is -0.0662. The first-order valence-corrected chi connectivity index (χ1v) is 5.14. The van der Waals surface area contributed by atoms with Gasteiger partial charge in [0.05, 0.1) is 0 Å². The topological polar surface area (TPSA) is 0 Å². The number of rotatable bonds is 3. The van der Waals surface area contributed by atoms with Crippen LogP contribution in [0.3, 0.4) is 0 Å². The summed E-state index contributed by atoms with van der Waals surface area (Å²) in [7, 11) is 0. The molecule has 0 nitrogen and oxygen atoms in total. The Labute approximate surface area is 88.6 Å². The highest BCUT2D eigenvalue weighted by molar-refractivity contribution is 9.09. The van der Waals surface area contributed by atoms with Crippen molar-refractivity contribution in [1.82, 2.24) is 0 Å². The van der Waals surface area contributed by atoms with Gasteiger partial charge in [-0.1, -0.05) is 28.1 Å². The first-order valence-electron chi connectivity index (χ1n) is 4.02. The second kappa shape index (κ2) is 5.20. The summed E-state index contributed by atoms with van der Waals surface area (Å²) in [6, 6.07) is 1.49. The fraction of sp³-hybridized carbons (Fsp3) is 0.200. The number of alkyl halides is 1. The Hall–Kier alpha value is -0.770. The van der Waals surface area contributed by atoms with Crippen LogP contribution in [0.25, 0.3) is 6.08 Å². The van der Waals surface area contributed by atoms with Crippen molar-refractivity contribution in [2.24, 2.45) is 0 Å². The molecular formula is C10H8BrF3. The van der Waals surface area contributed by atoms with E-state index in [4.69, 9.17) is 0 Å². The average molecular weight is 265 g/mol. The summed E-state index contributed by atoms with van der Waals surface area (Å²) in [5.74, 6) is -2.96. The van der Waals surface area contributed by atoms with Crippen molar-refractivity contribution in [3.05, 3.63) is 41.2 Å². The van der Waals surface area contributed by atoms with E-state index in [2.05, 4.69) is 15.9 Å². The molecule has 0 aliphatic carbocycles. The number of hydrogen-bond acceptors (Lipinski definition) is 0. The van der Waals surface area contributed by atoms with E-state index in [1.54, 1.807) is 6.08 Å². The molecule has 14 heavy (non-hydrogen) atoms. The van der Waals surface area contributed by atoms with Gasteiger partial charge in [0.15, 0.2) is 11.6 Å². The summed E-state index contributed by atoms with van der Waals surface area (Å²) in [5, 5.41) is 0.725. The van der Waals surface area contributed by atoms with Crippen molar-refractivity contribution in [3.8, 4) is 0 Å². The van der Waals surface area contributed by atoms with Crippen molar-refractivity contribution in [2.45, 2.75) is 6.42 Å². The van der Waals surface area contributed by atoms with Crippen LogP contribution in [0, 0.1) is 17.5 Å². The molecular weight excluding hydrogens is 257 g/mol. The molecule has 0 aliphatic heterocycles. The minimum absolute atomic E-state index is 0.0662. The maximum Gasteiger partial charge on any atom is 0.166 e. The van der Waals surface area contributed by atoms with Crippen molar-refractivity contribution >= 4 is 22.0 Å². The lowest BCUT2D eigenvalue weighted by atomic mass is 10.2. The third-order valence-corrected chi connectivity index (χ3v) is 2.05. The lowest BCUT2D eigenvalue weighted by Gasteiger charge is -1.98. The SMILES string of the molecule is Fc1cc(F)c(F)c(/C=C/CCBr)c1. The van der Waals surface area contributed by atoms with Crippen LogP contribution in [-0.2, 0) is 0 Å². The lowest BCUT2D eigenvalue weighted by molar-refractivity contribution is 0.493. The molecule has 0 aliphatic rings. The standard InChI is InChI=1S/C10H8BrF3/c11-4-2-1-3-7-5-8(12)6-9(13)10(7)14/h1,3,5-6H,2,4H2/b3-1+. The van der Waals surface area contributed by atoms with Gasteiger partial charge in [-0.2, -0.15) is 0 Å². The highest BCUT2D eigenvalue weighted by atomic mass is 79.9. The van der Waals surface area contributed by atoms with Crippen LogP contribution < -0.4 is 0 Å². The summed E-state index contributed by atoms with van der Waals surface area (Å²) < 4.78 is 38.4. The van der Waals surface area contributed by atoms with E-state index in [0.29, 0.717) is 12.5 Å². The highest BCUT2D eigenvalue weighted by Crippen LogP contribution is 2.15. The van der Waals surface area contributed by atoms with Crippen molar-refractivity contribution in [1.29, 1.82) is 0 Å². The first kappa shape index (κ1) is 11.3. The predicted molar refractivity (Wildman–Crippen MR) is 53.8 cm³/mol. The molecule has 0 heterocycles. The molecule has 0 atom stereocenters. The smallest absolute Gasteiger partial charge is 0.166 e. The van der Waals surface area contributed by atoms with Crippen molar-refractivity contribution in [2.75, 3.05) is 5.33 Å². The van der Waals surface area contributed by atoms with E-state index in [9.17, 15) is 13.2 Å². The van der Waals surface area contributed by atoms with E-state index in [1.807, 2.05) is 0 Å². The second-order valence-corrected chi connectivity index (χ2v) is 3.46. The maximum atomic E-state index is 13.0. The molecule has 0 N–H and O–H groups in total. The Balaban J connectivity index is 2.96. The minimum atomic E-state index is -1.16. The molecule has 4 heteroatoms. The summed E-state index contributed by atoms with van der Waals surface area (Å²) >= 11 is 3.18. The van der Waals surface area contributed by atoms with E-state index < -0.39 is 17.5 Å². The number of benzene rings is 1. The molecule has 0 aromatic heterocycles. The Morgan fingerprint density at radius 2 is 1.93 bits per heavy atom. The number of halogens is 4. The third kappa shape index (κ3) is 2.87. The van der Waals surface area contributed by atoms with Crippen LogP contribution in [0.4, 0.5) is 13.2 Å². The monoisotopic (exact) mass is 264 g/mol. The highest BCUT2D eigenvalue weighted by Gasteiger charge is 2.07. The van der Waals surface area contributed by atoms with Gasteiger partial charge < -0.3 is 0 Å². The van der Waals surface area contributed by atoms with E-state index >= 15 is 0 Å². The molecule has 0 amide bonds. The van der Waals surface area contributed by atoms with E-state index in [0.717, 1.165) is 11.4 Å². The van der Waals surface area contributed by atoms with Gasteiger partial charge in [-0.05, 0) is 12.5 Å². The van der Waals surface area contributed by atoms with Gasteiger partial charge >= 0.3 is 0 Å². The van der Waals surface area contributed by atoms with Crippen LogP contribution in [0.5, 0.6) is 0 Å². The molecule has 0 saturated heterocycles. The minimum Gasteiger partial charge on any atom is -0.207 e. The predicted octanol–water partition coefficient (Wildman–Crippen LogP) is 3.90. The van der Waals surface area contributed by atoms with Gasteiger partial charge in [0.1, 0.15) is 5.82 Å². The van der Waals surface area contributed by atoms with E-state index in [1.165, 1.54) is 6.08 Å². The maximum absolute atomic E-state index is 13.0. The van der Waals surface area contributed by atoms with Crippen molar-refractivity contribution < 1.29 is 13.2 Å². The third-order valence-electron chi connectivity index (χ3n) is 1.59. The van der Waals surface area contributed by atoms with Gasteiger partial charge in [-0.25, -0.2) is 13.2 Å². The van der Waals surface area contributed by atoms with Crippen LogP contribution in [0.15, 0.2) is 18.2 Å². The number of allylic oxidation sites excluding steroid dienone is 1. The Morgan fingerprint density at radius 3 is 2.57 bits per heavy atom. The zero-order chi connectivity index (χ0) is 10.6. The summed E-state index contributed by atoms with van der Waals surface area (Å²) in [4.78, 5) is 0. The molecule has 0 fully saturated rings. The normalized spacial score (nSPS) is 11.1. The average Bonchev–Trinajstić information content (AvgIpc) is 2.13. The molecule has 0 bridgehead atoms. The lowest BCUT2D eigenvalue weighted by Crippen LogP contribution is -1.90. The van der Waals surface area contributed by atoms with Crippen LogP contribution in [-0.4, -0.2) is 5.33 Å². The Bertz CT molecular complexity index is 347. The Morgan fingerprint density at radius 1 is 1.21 bits per heavy atom. The molecule has 0 radical (unpaired) electrons. The van der Waals surface area contributed by atoms with Crippen LogP contribution in [0.2, 0.25) is 0 Å². The second-order valence-electron chi connectivity index (χ2n) is 2.67. The zero-order valence-electron chi connectivity index (χ0n) is 7.24. The fourth-order valence-corrected chi connectivity index (χ4v) is 1.23. The van der Waals surface area contributed by atoms with Gasteiger partial charge in [-0.3, -0.25) is 0 Å². The molecule has 76 valence electrons. The summed E-state index contributed by atoms with van der Waals surface area (Å²) in [6.07, 6.45) is 3.69. The largest absolute Gasteiger partial charge is 0.207 e. The Kier molecular flexibility index (Phi) is 4.20. The van der Waals surface area contributed by atoms with E-state index in [-0.39, 0.29) is 5.56 Å². The zero-order valence-corrected chi connectivity index (χ0v) is 8.82. The van der Waals surface area contributed by atoms with Gasteiger partial charge in [0, 0.05) is 17.0 Å². The van der Waals surface area contributed by atoms with Gasteiger partial charge in [0.2, 0.25) is 0 Å².